The first-order valence-electron chi connectivity index (χ1n) is 9.36. The highest BCUT2D eigenvalue weighted by molar-refractivity contribution is 5.78. The molecule has 134 valence electrons. The first-order valence-corrected chi connectivity index (χ1v) is 9.36. The fourth-order valence-electron chi connectivity index (χ4n) is 3.72. The Morgan fingerprint density at radius 3 is 2.64 bits per heavy atom. The fourth-order valence-corrected chi connectivity index (χ4v) is 3.72. The van der Waals surface area contributed by atoms with Crippen molar-refractivity contribution in [2.75, 3.05) is 6.54 Å². The summed E-state index contributed by atoms with van der Waals surface area (Å²) < 4.78 is 3.50. The van der Waals surface area contributed by atoms with Crippen molar-refractivity contribution in [2.24, 2.45) is 11.8 Å². The van der Waals surface area contributed by atoms with Gasteiger partial charge < -0.3 is 9.88 Å². The molecule has 0 radical (unpaired) electrons. The molecule has 1 N–H and O–H groups in total. The van der Waals surface area contributed by atoms with Crippen LogP contribution in [0.3, 0.4) is 0 Å². The second-order valence-corrected chi connectivity index (χ2v) is 7.55. The van der Waals surface area contributed by atoms with E-state index in [1.165, 1.54) is 0 Å². The zero-order chi connectivity index (χ0) is 17.4. The Hall–Kier alpha value is -2.18. The van der Waals surface area contributed by atoms with E-state index < -0.39 is 0 Å². The Morgan fingerprint density at radius 1 is 1.16 bits per heavy atom. The van der Waals surface area contributed by atoms with Crippen LogP contribution in [0.25, 0.3) is 5.65 Å². The third-order valence-electron chi connectivity index (χ3n) is 5.54. The van der Waals surface area contributed by atoms with Crippen molar-refractivity contribution >= 4 is 11.6 Å². The number of hydrogen-bond acceptors (Lipinski definition) is 4. The summed E-state index contributed by atoms with van der Waals surface area (Å²) in [6.45, 7) is 2.78. The van der Waals surface area contributed by atoms with E-state index in [4.69, 9.17) is 0 Å². The number of carbonyl (C=O) groups excluding carboxylic acids is 1. The average molecular weight is 343 g/mol. The van der Waals surface area contributed by atoms with Gasteiger partial charge in [0.2, 0.25) is 11.6 Å². The minimum absolute atomic E-state index is 0.0795. The van der Waals surface area contributed by atoms with Gasteiger partial charge in [0.05, 0.1) is 0 Å². The molecule has 0 aromatic carbocycles. The zero-order valence-corrected chi connectivity index (χ0v) is 14.6. The summed E-state index contributed by atoms with van der Waals surface area (Å²) in [5.41, 5.74) is 0.293. The maximum Gasteiger partial charge on any atom is 0.296 e. The summed E-state index contributed by atoms with van der Waals surface area (Å²) in [5.74, 6) is 1.76. The van der Waals surface area contributed by atoms with Crippen molar-refractivity contribution in [1.29, 1.82) is 0 Å². The monoisotopic (exact) mass is 343 g/mol. The van der Waals surface area contributed by atoms with E-state index in [1.807, 2.05) is 12.4 Å². The van der Waals surface area contributed by atoms with Crippen LogP contribution in [0.15, 0.2) is 17.2 Å². The van der Waals surface area contributed by atoms with Crippen LogP contribution in [0.1, 0.15) is 57.3 Å². The molecule has 2 saturated carbocycles. The molecule has 7 heteroatoms. The molecule has 0 atom stereocenters. The van der Waals surface area contributed by atoms with E-state index in [0.717, 1.165) is 44.4 Å². The van der Waals surface area contributed by atoms with Crippen LogP contribution in [0.4, 0.5) is 0 Å². The number of aromatic nitrogens is 4. The van der Waals surface area contributed by atoms with Crippen molar-refractivity contribution < 1.29 is 4.79 Å². The van der Waals surface area contributed by atoms with Crippen molar-refractivity contribution in [2.45, 2.75) is 57.9 Å². The topological polar surface area (TPSA) is 81.3 Å². The third-order valence-corrected chi connectivity index (χ3v) is 5.54. The Kier molecular flexibility index (Phi) is 4.31. The molecule has 7 nitrogen and oxygen atoms in total. The lowest BCUT2D eigenvalue weighted by Gasteiger charge is -2.25. The number of nitrogens with one attached hydrogen (secondary N) is 1. The van der Waals surface area contributed by atoms with Crippen LogP contribution in [-0.2, 0) is 11.2 Å². The Labute approximate surface area is 146 Å². The number of carbonyl (C=O) groups is 1. The van der Waals surface area contributed by atoms with E-state index >= 15 is 0 Å². The van der Waals surface area contributed by atoms with Crippen molar-refractivity contribution in [1.82, 2.24) is 24.5 Å². The number of nitrogens with zero attached hydrogens (tertiary/aromatic N) is 4. The Balaban J connectivity index is 1.37. The van der Waals surface area contributed by atoms with Gasteiger partial charge in [0.1, 0.15) is 5.82 Å². The van der Waals surface area contributed by atoms with E-state index in [-0.39, 0.29) is 17.4 Å². The summed E-state index contributed by atoms with van der Waals surface area (Å²) in [6, 6.07) is 0.329. The fraction of sp³-hybridized carbons (Fsp3) is 0.667. The molecule has 0 bridgehead atoms. The molecule has 0 saturated heterocycles. The second-order valence-electron chi connectivity index (χ2n) is 7.55. The minimum Gasteiger partial charge on any atom is -0.355 e. The summed E-state index contributed by atoms with van der Waals surface area (Å²) in [5, 5.41) is 11.2. The molecule has 2 aliphatic rings. The quantitative estimate of drug-likeness (QED) is 0.896. The summed E-state index contributed by atoms with van der Waals surface area (Å²) in [6.07, 6.45) is 10.6. The van der Waals surface area contributed by atoms with Crippen molar-refractivity contribution in [3.63, 3.8) is 0 Å². The van der Waals surface area contributed by atoms with Gasteiger partial charge in [0.25, 0.3) is 5.56 Å². The second kappa shape index (κ2) is 6.61. The highest BCUT2D eigenvalue weighted by Gasteiger charge is 2.26. The first kappa shape index (κ1) is 16.3. The molecule has 25 heavy (non-hydrogen) atoms. The predicted octanol–water partition coefficient (Wildman–Crippen LogP) is 1.71. The minimum atomic E-state index is -0.0795. The first-order chi connectivity index (χ1) is 12.1. The SMILES string of the molecule is CC1CCC(C(=O)NCCc2nnc3c(=O)n(C4CC4)ccn23)CC1. The summed E-state index contributed by atoms with van der Waals surface area (Å²) in [7, 11) is 0. The molecule has 2 fully saturated rings. The number of amides is 1. The van der Waals surface area contributed by atoms with E-state index in [9.17, 15) is 9.59 Å². The van der Waals surface area contributed by atoms with Crippen LogP contribution in [0.5, 0.6) is 0 Å². The highest BCUT2D eigenvalue weighted by Crippen LogP contribution is 2.33. The molecule has 2 aliphatic carbocycles. The van der Waals surface area contributed by atoms with E-state index in [1.54, 1.807) is 8.97 Å². The van der Waals surface area contributed by atoms with Gasteiger partial charge in [0, 0.05) is 37.3 Å². The summed E-state index contributed by atoms with van der Waals surface area (Å²) in [4.78, 5) is 24.7. The van der Waals surface area contributed by atoms with Gasteiger partial charge >= 0.3 is 0 Å². The van der Waals surface area contributed by atoms with Crippen LogP contribution in [0, 0.1) is 11.8 Å². The van der Waals surface area contributed by atoms with Gasteiger partial charge in [-0.25, -0.2) is 0 Å². The molecule has 0 aliphatic heterocycles. The van der Waals surface area contributed by atoms with Gasteiger partial charge in [0.15, 0.2) is 0 Å². The third kappa shape index (κ3) is 3.32. The molecule has 1 amide bonds. The van der Waals surface area contributed by atoms with Crippen LogP contribution in [-0.4, -0.2) is 31.6 Å². The predicted molar refractivity (Wildman–Crippen MR) is 93.4 cm³/mol. The largest absolute Gasteiger partial charge is 0.355 e. The Bertz CT molecular complexity index is 828. The highest BCUT2D eigenvalue weighted by atomic mass is 16.2. The molecule has 0 unspecified atom stereocenters. The lowest BCUT2D eigenvalue weighted by Crippen LogP contribution is -2.34. The van der Waals surface area contributed by atoms with Gasteiger partial charge in [-0.3, -0.25) is 14.0 Å². The average Bonchev–Trinajstić information content (AvgIpc) is 3.36. The van der Waals surface area contributed by atoms with Crippen LogP contribution in [0.2, 0.25) is 0 Å². The van der Waals surface area contributed by atoms with Crippen molar-refractivity contribution in [3.05, 3.63) is 28.6 Å². The number of fused-ring (bicyclic) bond motifs is 1. The lowest BCUT2D eigenvalue weighted by molar-refractivity contribution is -0.126. The van der Waals surface area contributed by atoms with Gasteiger partial charge in [-0.1, -0.05) is 6.92 Å². The standard InChI is InChI=1S/C18H25N5O2/c1-12-2-4-13(5-3-12)17(24)19-9-8-15-20-21-16-18(25)22(14-6-7-14)10-11-23(15)16/h10-14H,2-9H2,1H3,(H,19,24). The molecule has 4 rings (SSSR count). The molecule has 2 aromatic rings. The maximum atomic E-state index is 12.4. The molecular formula is C18H25N5O2. The van der Waals surface area contributed by atoms with Gasteiger partial charge in [-0.05, 0) is 44.4 Å². The zero-order valence-electron chi connectivity index (χ0n) is 14.6. The van der Waals surface area contributed by atoms with Gasteiger partial charge in [-0.2, -0.15) is 0 Å². The van der Waals surface area contributed by atoms with E-state index in [2.05, 4.69) is 22.4 Å². The number of hydrogen-bond donors (Lipinski definition) is 1. The smallest absolute Gasteiger partial charge is 0.296 e. The molecule has 0 spiro atoms. The van der Waals surface area contributed by atoms with Gasteiger partial charge in [-0.15, -0.1) is 10.2 Å². The van der Waals surface area contributed by atoms with Crippen molar-refractivity contribution in [3.8, 4) is 0 Å². The lowest BCUT2D eigenvalue weighted by atomic mass is 9.82. The molecular weight excluding hydrogens is 318 g/mol. The Morgan fingerprint density at radius 2 is 1.92 bits per heavy atom. The normalized spacial score (nSPS) is 23.7. The molecule has 2 aromatic heterocycles. The van der Waals surface area contributed by atoms with Crippen LogP contribution >= 0.6 is 0 Å². The summed E-state index contributed by atoms with van der Waals surface area (Å²) >= 11 is 0. The van der Waals surface area contributed by atoms with E-state index in [0.29, 0.717) is 30.5 Å². The molecule has 2 heterocycles. The maximum absolute atomic E-state index is 12.4. The van der Waals surface area contributed by atoms with Crippen LogP contribution < -0.4 is 10.9 Å². The number of rotatable bonds is 5.